The highest BCUT2D eigenvalue weighted by Gasteiger charge is 2.55. The quantitative estimate of drug-likeness (QED) is 0.809. The minimum absolute atomic E-state index is 0.0163. The zero-order chi connectivity index (χ0) is 13.9. The van der Waals surface area contributed by atoms with Crippen molar-refractivity contribution in [2.45, 2.75) is 30.6 Å². The molecule has 4 heteroatoms. The topological polar surface area (TPSA) is 32.3 Å². The Morgan fingerprint density at radius 1 is 1.35 bits per heavy atom. The summed E-state index contributed by atoms with van der Waals surface area (Å²) in [5.41, 5.74) is 3.56. The monoisotopic (exact) mass is 334 g/mol. The van der Waals surface area contributed by atoms with Gasteiger partial charge in [0, 0.05) is 24.1 Å². The second-order valence-electron chi connectivity index (χ2n) is 6.44. The summed E-state index contributed by atoms with van der Waals surface area (Å²) in [5.74, 6) is 2.74. The molecule has 3 unspecified atom stereocenters. The fourth-order valence-electron chi connectivity index (χ4n) is 4.11. The number of urea groups is 1. The Morgan fingerprint density at radius 2 is 2.10 bits per heavy atom. The number of fused-ring (bicyclic) bond motifs is 2. The molecule has 0 bridgehead atoms. The first-order valence-corrected chi connectivity index (χ1v) is 8.36. The van der Waals surface area contributed by atoms with Gasteiger partial charge in [-0.3, -0.25) is 0 Å². The van der Waals surface area contributed by atoms with Gasteiger partial charge in [0.2, 0.25) is 0 Å². The van der Waals surface area contributed by atoms with E-state index in [1.165, 1.54) is 30.4 Å². The second kappa shape index (κ2) is 4.48. The molecule has 2 saturated carbocycles. The first kappa shape index (κ1) is 12.7. The predicted molar refractivity (Wildman–Crippen MR) is 82.9 cm³/mol. The molecule has 0 saturated heterocycles. The largest absolute Gasteiger partial charge is 0.323 e. The maximum atomic E-state index is 11.6. The van der Waals surface area contributed by atoms with Gasteiger partial charge in [0.1, 0.15) is 0 Å². The van der Waals surface area contributed by atoms with E-state index in [4.69, 9.17) is 0 Å². The van der Waals surface area contributed by atoms with Gasteiger partial charge in [0.05, 0.1) is 0 Å². The summed E-state index contributed by atoms with van der Waals surface area (Å²) in [4.78, 5) is 13.8. The van der Waals surface area contributed by atoms with E-state index in [9.17, 15) is 4.79 Å². The van der Waals surface area contributed by atoms with Crippen molar-refractivity contribution in [1.82, 2.24) is 4.90 Å². The van der Waals surface area contributed by atoms with Crippen LogP contribution in [0.4, 0.5) is 10.5 Å². The average molecular weight is 335 g/mol. The molecule has 4 rings (SSSR count). The molecule has 20 heavy (non-hydrogen) atoms. The predicted octanol–water partition coefficient (Wildman–Crippen LogP) is 4.15. The van der Waals surface area contributed by atoms with Crippen LogP contribution in [0.25, 0.3) is 0 Å². The summed E-state index contributed by atoms with van der Waals surface area (Å²) in [7, 11) is 1.84. The number of halogens is 1. The minimum atomic E-state index is -0.0163. The summed E-state index contributed by atoms with van der Waals surface area (Å²) in [5, 5.41) is 2.93. The number of alkyl halides is 1. The van der Waals surface area contributed by atoms with Crippen LogP contribution in [-0.2, 0) is 6.54 Å². The fourth-order valence-corrected chi connectivity index (χ4v) is 5.18. The molecule has 1 aliphatic heterocycles. The Kier molecular flexibility index (Phi) is 2.85. The number of benzene rings is 1. The van der Waals surface area contributed by atoms with E-state index >= 15 is 0 Å². The number of anilines is 1. The number of nitrogens with zero attached hydrogens (tertiary/aromatic N) is 1. The highest BCUT2D eigenvalue weighted by Crippen LogP contribution is 2.64. The molecule has 106 valence electrons. The molecule has 1 aromatic rings. The molecule has 1 aromatic carbocycles. The van der Waals surface area contributed by atoms with Crippen LogP contribution in [0, 0.1) is 17.8 Å². The lowest BCUT2D eigenvalue weighted by atomic mass is 9.99. The van der Waals surface area contributed by atoms with E-state index in [-0.39, 0.29) is 6.03 Å². The molecule has 2 amide bonds. The van der Waals surface area contributed by atoms with Gasteiger partial charge in [-0.15, -0.1) is 0 Å². The number of carbonyl (C=O) groups excluding carboxylic acids is 1. The van der Waals surface area contributed by atoms with Crippen LogP contribution >= 0.6 is 15.9 Å². The van der Waals surface area contributed by atoms with E-state index in [0.717, 1.165) is 23.4 Å². The summed E-state index contributed by atoms with van der Waals surface area (Å²) < 4.78 is 0. The van der Waals surface area contributed by atoms with Crippen molar-refractivity contribution >= 4 is 27.6 Å². The lowest BCUT2D eigenvalue weighted by Gasteiger charge is -2.27. The summed E-state index contributed by atoms with van der Waals surface area (Å²) in [6.07, 6.45) is 4.26. The standard InChI is InChI=1S/C16H19BrN2O/c1-19-8-10-7-9(5-6-13(10)18-16(19)20)15(17)14-11-3-2-4-12(11)14/h5-7,11-12,14-15H,2-4,8H2,1H3,(H,18,20). The molecule has 3 aliphatic rings. The van der Waals surface area contributed by atoms with Crippen molar-refractivity contribution in [3.63, 3.8) is 0 Å². The number of nitrogens with one attached hydrogen (secondary N) is 1. The van der Waals surface area contributed by atoms with Crippen LogP contribution in [0.1, 0.15) is 35.2 Å². The molecule has 3 atom stereocenters. The van der Waals surface area contributed by atoms with Gasteiger partial charge >= 0.3 is 6.03 Å². The van der Waals surface area contributed by atoms with Crippen molar-refractivity contribution in [2.24, 2.45) is 17.8 Å². The van der Waals surface area contributed by atoms with Crippen molar-refractivity contribution < 1.29 is 4.79 Å². The SMILES string of the molecule is CN1Cc2cc(C(Br)C3C4CCCC43)ccc2NC1=O. The van der Waals surface area contributed by atoms with Crippen molar-refractivity contribution in [1.29, 1.82) is 0 Å². The molecule has 0 aromatic heterocycles. The minimum Gasteiger partial charge on any atom is -0.323 e. The molecule has 2 fully saturated rings. The van der Waals surface area contributed by atoms with Gasteiger partial charge in [-0.1, -0.05) is 34.5 Å². The first-order chi connectivity index (χ1) is 9.65. The summed E-state index contributed by atoms with van der Waals surface area (Å²) >= 11 is 3.92. The van der Waals surface area contributed by atoms with Crippen LogP contribution in [-0.4, -0.2) is 18.0 Å². The number of hydrogen-bond acceptors (Lipinski definition) is 1. The van der Waals surface area contributed by atoms with Gasteiger partial charge in [0.25, 0.3) is 0 Å². The average Bonchev–Trinajstić information content (AvgIpc) is 2.91. The number of rotatable bonds is 2. The van der Waals surface area contributed by atoms with Gasteiger partial charge in [-0.2, -0.15) is 0 Å². The van der Waals surface area contributed by atoms with E-state index in [1.54, 1.807) is 4.90 Å². The fraction of sp³-hybridized carbons (Fsp3) is 0.562. The summed E-state index contributed by atoms with van der Waals surface area (Å²) in [6, 6.07) is 6.47. The van der Waals surface area contributed by atoms with Crippen LogP contribution in [0.3, 0.4) is 0 Å². The van der Waals surface area contributed by atoms with Gasteiger partial charge in [-0.25, -0.2) is 4.79 Å². The molecule has 1 heterocycles. The van der Waals surface area contributed by atoms with E-state index < -0.39 is 0 Å². The summed E-state index contributed by atoms with van der Waals surface area (Å²) in [6.45, 7) is 0.701. The molecule has 2 aliphatic carbocycles. The van der Waals surface area contributed by atoms with Crippen LogP contribution < -0.4 is 5.32 Å². The Balaban J connectivity index is 1.58. The Morgan fingerprint density at radius 3 is 2.85 bits per heavy atom. The van der Waals surface area contributed by atoms with E-state index in [1.807, 2.05) is 7.05 Å². The molecule has 1 N–H and O–H groups in total. The number of carbonyl (C=O) groups is 1. The Hall–Kier alpha value is -1.03. The molecule has 3 nitrogen and oxygen atoms in total. The zero-order valence-corrected chi connectivity index (χ0v) is 13.2. The molecule has 0 spiro atoms. The second-order valence-corrected chi connectivity index (χ2v) is 7.43. The van der Waals surface area contributed by atoms with Crippen molar-refractivity contribution in [3.05, 3.63) is 29.3 Å². The maximum absolute atomic E-state index is 11.6. The molecule has 0 radical (unpaired) electrons. The van der Waals surface area contributed by atoms with Crippen LogP contribution in [0.15, 0.2) is 18.2 Å². The van der Waals surface area contributed by atoms with Gasteiger partial charge in [-0.05, 0) is 47.8 Å². The zero-order valence-electron chi connectivity index (χ0n) is 11.6. The lowest BCUT2D eigenvalue weighted by Crippen LogP contribution is -2.35. The highest BCUT2D eigenvalue weighted by atomic mass is 79.9. The number of hydrogen-bond donors (Lipinski definition) is 1. The maximum Gasteiger partial charge on any atom is 0.321 e. The Bertz CT molecular complexity index is 564. The smallest absolute Gasteiger partial charge is 0.321 e. The van der Waals surface area contributed by atoms with Crippen molar-refractivity contribution in [2.75, 3.05) is 12.4 Å². The molecular weight excluding hydrogens is 316 g/mol. The van der Waals surface area contributed by atoms with Crippen molar-refractivity contribution in [3.8, 4) is 0 Å². The van der Waals surface area contributed by atoms with Crippen LogP contribution in [0.2, 0.25) is 0 Å². The third-order valence-electron chi connectivity index (χ3n) is 5.25. The molecular formula is C16H19BrN2O. The van der Waals surface area contributed by atoms with Gasteiger partial charge < -0.3 is 10.2 Å². The van der Waals surface area contributed by atoms with Gasteiger partial charge in [0.15, 0.2) is 0 Å². The normalized spacial score (nSPS) is 32.4. The third kappa shape index (κ3) is 1.88. The van der Waals surface area contributed by atoms with E-state index in [2.05, 4.69) is 39.4 Å². The Labute approximate surface area is 127 Å². The lowest BCUT2D eigenvalue weighted by molar-refractivity contribution is 0.218. The number of amides is 2. The van der Waals surface area contributed by atoms with Crippen LogP contribution in [0.5, 0.6) is 0 Å². The van der Waals surface area contributed by atoms with E-state index in [0.29, 0.717) is 11.4 Å². The third-order valence-corrected chi connectivity index (χ3v) is 6.39. The highest BCUT2D eigenvalue weighted by molar-refractivity contribution is 9.09. The first-order valence-electron chi connectivity index (χ1n) is 7.44.